The molecule has 0 aromatic carbocycles. The van der Waals surface area contributed by atoms with E-state index in [0.717, 1.165) is 0 Å². The van der Waals surface area contributed by atoms with E-state index in [1.165, 1.54) is 0 Å². The molecule has 0 aromatic rings. The first kappa shape index (κ1) is 9.92. The van der Waals surface area contributed by atoms with Crippen molar-refractivity contribution in [2.24, 2.45) is 0 Å². The van der Waals surface area contributed by atoms with Crippen molar-refractivity contribution in [3.63, 3.8) is 0 Å². The Morgan fingerprint density at radius 1 is 1.64 bits per heavy atom. The summed E-state index contributed by atoms with van der Waals surface area (Å²) in [7, 11) is 3.29. The van der Waals surface area contributed by atoms with Crippen molar-refractivity contribution in [3.8, 4) is 6.07 Å². The lowest BCUT2D eigenvalue weighted by atomic mass is 10.1. The van der Waals surface area contributed by atoms with Gasteiger partial charge >= 0.3 is 0 Å². The molecule has 0 aliphatic rings. The molecule has 0 aliphatic heterocycles. The molecule has 0 aromatic heterocycles. The van der Waals surface area contributed by atoms with Gasteiger partial charge in [-0.05, 0) is 13.5 Å². The minimum Gasteiger partial charge on any atom is -0.358 e. The molecule has 2 N–H and O–H groups in total. The number of hydrogen-bond acceptors (Lipinski definition) is 3. The number of carbonyl (C=O) groups excluding carboxylic acids is 1. The quantitative estimate of drug-likeness (QED) is 0.582. The molecule has 0 rings (SSSR count). The molecule has 1 atom stereocenters. The van der Waals surface area contributed by atoms with Crippen LogP contribution in [0.2, 0.25) is 0 Å². The fourth-order valence-electron chi connectivity index (χ4n) is 0.790. The minimum atomic E-state index is -0.236. The van der Waals surface area contributed by atoms with Crippen molar-refractivity contribution < 1.29 is 4.79 Å². The highest BCUT2D eigenvalue weighted by Gasteiger charge is 2.12. The molecule has 0 bridgehead atoms. The first-order valence-electron chi connectivity index (χ1n) is 3.52. The number of likely N-dealkylation sites (N-methyl/N-ethyl adjacent to an activating group) is 2. The third-order valence-electron chi connectivity index (χ3n) is 1.46. The third kappa shape index (κ3) is 3.58. The predicted molar refractivity (Wildman–Crippen MR) is 41.8 cm³/mol. The lowest BCUT2D eigenvalue weighted by Crippen LogP contribution is -2.40. The van der Waals surface area contributed by atoms with Gasteiger partial charge in [-0.3, -0.25) is 4.79 Å². The largest absolute Gasteiger partial charge is 0.358 e. The summed E-state index contributed by atoms with van der Waals surface area (Å²) in [6.45, 7) is 0. The fourth-order valence-corrected chi connectivity index (χ4v) is 0.790. The van der Waals surface area contributed by atoms with E-state index < -0.39 is 0 Å². The standard InChI is InChI=1S/C7H13N3O/c1-9-6(4-3-5-8)7(11)10-2/h6,9H,3-4H2,1-2H3,(H,10,11). The molecule has 4 heteroatoms. The van der Waals surface area contributed by atoms with Crippen molar-refractivity contribution in [2.45, 2.75) is 18.9 Å². The summed E-state index contributed by atoms with van der Waals surface area (Å²) < 4.78 is 0. The van der Waals surface area contributed by atoms with Crippen LogP contribution in [0.15, 0.2) is 0 Å². The topological polar surface area (TPSA) is 64.9 Å². The number of nitrogens with zero attached hydrogens (tertiary/aromatic N) is 1. The van der Waals surface area contributed by atoms with Crippen LogP contribution < -0.4 is 10.6 Å². The Balaban J connectivity index is 3.77. The van der Waals surface area contributed by atoms with Crippen molar-refractivity contribution in [2.75, 3.05) is 14.1 Å². The zero-order chi connectivity index (χ0) is 8.69. The van der Waals surface area contributed by atoms with E-state index >= 15 is 0 Å². The highest BCUT2D eigenvalue weighted by Crippen LogP contribution is 1.94. The van der Waals surface area contributed by atoms with E-state index in [4.69, 9.17) is 5.26 Å². The summed E-state index contributed by atoms with van der Waals surface area (Å²) >= 11 is 0. The zero-order valence-corrected chi connectivity index (χ0v) is 6.85. The van der Waals surface area contributed by atoms with Crippen LogP contribution in [0.1, 0.15) is 12.8 Å². The normalized spacial score (nSPS) is 11.7. The smallest absolute Gasteiger partial charge is 0.236 e. The van der Waals surface area contributed by atoms with E-state index in [1.54, 1.807) is 14.1 Å². The molecule has 0 radical (unpaired) electrons. The second-order valence-corrected chi connectivity index (χ2v) is 2.15. The fraction of sp³-hybridized carbons (Fsp3) is 0.714. The van der Waals surface area contributed by atoms with E-state index in [1.807, 2.05) is 6.07 Å². The average molecular weight is 155 g/mol. The van der Waals surface area contributed by atoms with Crippen LogP contribution in [0.4, 0.5) is 0 Å². The lowest BCUT2D eigenvalue weighted by molar-refractivity contribution is -0.122. The molecule has 0 fully saturated rings. The number of nitrogens with one attached hydrogen (secondary N) is 2. The van der Waals surface area contributed by atoms with Crippen molar-refractivity contribution in [3.05, 3.63) is 0 Å². The van der Waals surface area contributed by atoms with Gasteiger partial charge in [0.1, 0.15) is 0 Å². The molecular weight excluding hydrogens is 142 g/mol. The number of hydrogen-bond donors (Lipinski definition) is 2. The van der Waals surface area contributed by atoms with Crippen LogP contribution >= 0.6 is 0 Å². The zero-order valence-electron chi connectivity index (χ0n) is 6.85. The van der Waals surface area contributed by atoms with Crippen LogP contribution in [0.5, 0.6) is 0 Å². The van der Waals surface area contributed by atoms with Crippen LogP contribution in [-0.4, -0.2) is 26.0 Å². The molecule has 0 aliphatic carbocycles. The second kappa shape index (κ2) is 5.69. The van der Waals surface area contributed by atoms with Crippen molar-refractivity contribution in [1.29, 1.82) is 5.26 Å². The van der Waals surface area contributed by atoms with E-state index in [0.29, 0.717) is 12.8 Å². The molecule has 4 nitrogen and oxygen atoms in total. The maximum absolute atomic E-state index is 11.0. The Hall–Kier alpha value is -1.08. The third-order valence-corrected chi connectivity index (χ3v) is 1.46. The Morgan fingerprint density at radius 3 is 2.64 bits per heavy atom. The summed E-state index contributed by atoms with van der Waals surface area (Å²) in [6.07, 6.45) is 0.964. The molecule has 1 amide bonds. The molecule has 0 heterocycles. The minimum absolute atomic E-state index is 0.0669. The molecule has 62 valence electrons. The van der Waals surface area contributed by atoms with Gasteiger partial charge in [-0.1, -0.05) is 0 Å². The van der Waals surface area contributed by atoms with Gasteiger partial charge in [0, 0.05) is 13.5 Å². The van der Waals surface area contributed by atoms with Crippen LogP contribution in [0.25, 0.3) is 0 Å². The van der Waals surface area contributed by atoms with Gasteiger partial charge < -0.3 is 10.6 Å². The summed E-state index contributed by atoms with van der Waals surface area (Å²) in [5.74, 6) is -0.0669. The van der Waals surface area contributed by atoms with E-state index in [2.05, 4.69) is 10.6 Å². The maximum atomic E-state index is 11.0. The summed E-state index contributed by atoms with van der Waals surface area (Å²) in [4.78, 5) is 11.0. The maximum Gasteiger partial charge on any atom is 0.236 e. The molecule has 0 spiro atoms. The summed E-state index contributed by atoms with van der Waals surface area (Å²) in [5, 5.41) is 13.6. The van der Waals surface area contributed by atoms with Gasteiger partial charge in [0.15, 0.2) is 0 Å². The van der Waals surface area contributed by atoms with Crippen molar-refractivity contribution >= 4 is 5.91 Å². The number of amides is 1. The van der Waals surface area contributed by atoms with Gasteiger partial charge in [-0.15, -0.1) is 0 Å². The van der Waals surface area contributed by atoms with Crippen molar-refractivity contribution in [1.82, 2.24) is 10.6 Å². The monoisotopic (exact) mass is 155 g/mol. The Morgan fingerprint density at radius 2 is 2.27 bits per heavy atom. The van der Waals surface area contributed by atoms with E-state index in [-0.39, 0.29) is 11.9 Å². The first-order chi connectivity index (χ1) is 5.26. The van der Waals surface area contributed by atoms with Gasteiger partial charge in [-0.2, -0.15) is 5.26 Å². The first-order valence-corrected chi connectivity index (χ1v) is 3.52. The lowest BCUT2D eigenvalue weighted by Gasteiger charge is -2.11. The molecule has 0 saturated heterocycles. The average Bonchev–Trinajstić information content (AvgIpc) is 2.05. The van der Waals surface area contributed by atoms with Crippen LogP contribution in [0.3, 0.4) is 0 Å². The van der Waals surface area contributed by atoms with E-state index in [9.17, 15) is 4.79 Å². The molecule has 11 heavy (non-hydrogen) atoms. The predicted octanol–water partition coefficient (Wildman–Crippen LogP) is -0.376. The SMILES string of the molecule is CNC(=O)C(CCC#N)NC. The van der Waals surface area contributed by atoms with Gasteiger partial charge in [-0.25, -0.2) is 0 Å². The number of nitriles is 1. The second-order valence-electron chi connectivity index (χ2n) is 2.15. The number of rotatable bonds is 4. The summed E-state index contributed by atoms with van der Waals surface area (Å²) in [6, 6.07) is 1.76. The highest BCUT2D eigenvalue weighted by atomic mass is 16.2. The Bertz CT molecular complexity index is 162. The Labute approximate surface area is 66.6 Å². The van der Waals surface area contributed by atoms with Crippen LogP contribution in [0, 0.1) is 11.3 Å². The number of carbonyl (C=O) groups is 1. The Kier molecular flexibility index (Phi) is 5.13. The molecule has 1 unspecified atom stereocenters. The highest BCUT2D eigenvalue weighted by molar-refractivity contribution is 5.81. The van der Waals surface area contributed by atoms with Gasteiger partial charge in [0.2, 0.25) is 5.91 Å². The van der Waals surface area contributed by atoms with Gasteiger partial charge in [0.05, 0.1) is 12.1 Å². The molecule has 0 saturated carbocycles. The van der Waals surface area contributed by atoms with Gasteiger partial charge in [0.25, 0.3) is 0 Å². The summed E-state index contributed by atoms with van der Waals surface area (Å²) in [5.41, 5.74) is 0. The van der Waals surface area contributed by atoms with Crippen LogP contribution in [-0.2, 0) is 4.79 Å². The molecular formula is C7H13N3O.